The first-order chi connectivity index (χ1) is 19.9. The summed E-state index contributed by atoms with van der Waals surface area (Å²) < 4.78 is 64.1. The fourth-order valence-electron chi connectivity index (χ4n) is 4.49. The predicted octanol–water partition coefficient (Wildman–Crippen LogP) is 5.84. The van der Waals surface area contributed by atoms with Crippen LogP contribution in [-0.2, 0) is 25.2 Å². The van der Waals surface area contributed by atoms with Gasteiger partial charge in [-0.25, -0.2) is 14.4 Å². The normalized spacial score (nSPS) is 17.1. The van der Waals surface area contributed by atoms with E-state index in [1.807, 2.05) is 0 Å². The molecule has 0 radical (unpaired) electrons. The largest absolute Gasteiger partial charge is 0.466 e. The van der Waals surface area contributed by atoms with Gasteiger partial charge in [-0.3, -0.25) is 19.7 Å². The van der Waals surface area contributed by atoms with E-state index in [9.17, 15) is 31.9 Å². The van der Waals surface area contributed by atoms with E-state index in [0.29, 0.717) is 6.07 Å². The highest BCUT2D eigenvalue weighted by molar-refractivity contribution is 7.14. The fourth-order valence-corrected chi connectivity index (χ4v) is 5.49. The predicted molar refractivity (Wildman–Crippen MR) is 147 cm³/mol. The zero-order chi connectivity index (χ0) is 30.6. The fraction of sp³-hybridized carbons (Fsp3) is 0.370. The van der Waals surface area contributed by atoms with E-state index >= 15 is 0 Å². The number of hydrogen-bond acceptors (Lipinski definition) is 9. The van der Waals surface area contributed by atoms with E-state index < -0.39 is 47.2 Å². The molecule has 0 spiro atoms. The number of piperidine rings is 1. The van der Waals surface area contributed by atoms with E-state index in [1.54, 1.807) is 18.7 Å². The van der Waals surface area contributed by atoms with E-state index in [0.717, 1.165) is 23.5 Å². The Balaban J connectivity index is 1.51. The lowest BCUT2D eigenvalue weighted by Crippen LogP contribution is -2.47. The number of nitrogens with zero attached hydrogens (tertiary/aromatic N) is 3. The van der Waals surface area contributed by atoms with Gasteiger partial charge in [0.15, 0.2) is 5.13 Å². The number of benzene rings is 1. The standard InChI is InChI=1S/C27H25ClF4N4O5S/c1-3-40-24(38)15-8-16(25(39)41-4-2)12-36(11-15)22-19(28)9-14(10-33-22)23(37)35-26-34-20(13-42-26)17-6-5-7-18(21(17)29)27(30,31)32/h5-7,9-10,13,15-16H,3-4,8,11-12H2,1-2H3,(H,34,35,37). The molecule has 1 aliphatic heterocycles. The van der Waals surface area contributed by atoms with E-state index in [2.05, 4.69) is 15.3 Å². The molecule has 224 valence electrons. The molecule has 0 bridgehead atoms. The number of anilines is 2. The second kappa shape index (κ2) is 13.0. The minimum absolute atomic E-state index is 0.0117. The molecule has 1 amide bonds. The average Bonchev–Trinajstić information content (AvgIpc) is 3.40. The number of nitrogens with one attached hydrogen (secondary N) is 1. The monoisotopic (exact) mass is 628 g/mol. The Morgan fingerprint density at radius 1 is 1.12 bits per heavy atom. The first kappa shape index (κ1) is 31.2. The molecule has 0 saturated carbocycles. The Morgan fingerprint density at radius 3 is 2.33 bits per heavy atom. The third-order valence-electron chi connectivity index (χ3n) is 6.38. The lowest BCUT2D eigenvalue weighted by Gasteiger charge is -2.36. The minimum Gasteiger partial charge on any atom is -0.466 e. The lowest BCUT2D eigenvalue weighted by molar-refractivity contribution is -0.153. The molecular weight excluding hydrogens is 604 g/mol. The maximum Gasteiger partial charge on any atom is 0.419 e. The van der Waals surface area contributed by atoms with Gasteiger partial charge in [0.05, 0.1) is 46.9 Å². The third kappa shape index (κ3) is 6.98. The number of rotatable bonds is 8. The van der Waals surface area contributed by atoms with Gasteiger partial charge in [0, 0.05) is 30.2 Å². The molecule has 1 aromatic carbocycles. The van der Waals surface area contributed by atoms with Crippen molar-refractivity contribution in [2.45, 2.75) is 26.4 Å². The van der Waals surface area contributed by atoms with Crippen LogP contribution in [0.15, 0.2) is 35.8 Å². The van der Waals surface area contributed by atoms with Crippen molar-refractivity contribution in [1.29, 1.82) is 0 Å². The summed E-state index contributed by atoms with van der Waals surface area (Å²) in [5, 5.41) is 3.90. The van der Waals surface area contributed by atoms with Crippen LogP contribution in [-0.4, -0.2) is 54.1 Å². The quantitative estimate of drug-likeness (QED) is 0.245. The van der Waals surface area contributed by atoms with Crippen LogP contribution in [0.25, 0.3) is 11.3 Å². The molecule has 1 N–H and O–H groups in total. The Labute approximate surface area is 246 Å². The first-order valence-electron chi connectivity index (χ1n) is 12.8. The summed E-state index contributed by atoms with van der Waals surface area (Å²) >= 11 is 7.37. The van der Waals surface area contributed by atoms with Crippen molar-refractivity contribution in [3.63, 3.8) is 0 Å². The van der Waals surface area contributed by atoms with Crippen LogP contribution in [0.5, 0.6) is 0 Å². The van der Waals surface area contributed by atoms with Crippen LogP contribution in [0.4, 0.5) is 28.5 Å². The molecule has 9 nitrogen and oxygen atoms in total. The molecule has 0 aliphatic carbocycles. The van der Waals surface area contributed by atoms with Gasteiger partial charge in [-0.1, -0.05) is 17.7 Å². The molecule has 3 aromatic rings. The summed E-state index contributed by atoms with van der Waals surface area (Å²) in [7, 11) is 0. The number of aromatic nitrogens is 2. The van der Waals surface area contributed by atoms with Crippen molar-refractivity contribution >= 4 is 51.7 Å². The van der Waals surface area contributed by atoms with Gasteiger partial charge in [-0.2, -0.15) is 13.2 Å². The zero-order valence-corrected chi connectivity index (χ0v) is 23.9. The summed E-state index contributed by atoms with van der Waals surface area (Å²) in [5.41, 5.74) is -1.83. The minimum atomic E-state index is -4.88. The van der Waals surface area contributed by atoms with Crippen molar-refractivity contribution in [1.82, 2.24) is 9.97 Å². The number of pyridine rings is 1. The van der Waals surface area contributed by atoms with E-state index in [4.69, 9.17) is 21.1 Å². The number of thiazole rings is 1. The number of carbonyl (C=O) groups is 3. The number of esters is 2. The first-order valence-corrected chi connectivity index (χ1v) is 14.0. The van der Waals surface area contributed by atoms with Gasteiger partial charge in [-0.15, -0.1) is 11.3 Å². The van der Waals surface area contributed by atoms with Crippen molar-refractivity contribution in [3.05, 3.63) is 57.8 Å². The molecule has 2 aromatic heterocycles. The molecule has 15 heteroatoms. The van der Waals surface area contributed by atoms with Crippen LogP contribution in [0.1, 0.15) is 36.2 Å². The average molecular weight is 629 g/mol. The molecule has 4 rings (SSSR count). The molecule has 1 saturated heterocycles. The van der Waals surface area contributed by atoms with E-state index in [-0.39, 0.29) is 65.5 Å². The molecular formula is C27H25ClF4N4O5S. The SMILES string of the molecule is CCOC(=O)C1CC(C(=O)OCC)CN(c2ncc(C(=O)Nc3nc(-c4cccc(C(F)(F)F)c4F)cs3)cc2Cl)C1. The van der Waals surface area contributed by atoms with Crippen LogP contribution >= 0.6 is 22.9 Å². The number of carbonyl (C=O) groups excluding carboxylic acids is 3. The Morgan fingerprint density at radius 2 is 1.76 bits per heavy atom. The summed E-state index contributed by atoms with van der Waals surface area (Å²) in [6, 6.07) is 4.20. The number of halogens is 5. The third-order valence-corrected chi connectivity index (χ3v) is 7.41. The van der Waals surface area contributed by atoms with Crippen LogP contribution < -0.4 is 10.2 Å². The smallest absolute Gasteiger partial charge is 0.419 e. The molecule has 1 fully saturated rings. The van der Waals surface area contributed by atoms with Gasteiger partial charge < -0.3 is 14.4 Å². The molecule has 2 unspecified atom stereocenters. The summed E-state index contributed by atoms with van der Waals surface area (Å²) in [6.45, 7) is 4.08. The van der Waals surface area contributed by atoms with Crippen molar-refractivity contribution in [3.8, 4) is 11.3 Å². The summed E-state index contributed by atoms with van der Waals surface area (Å²) in [4.78, 5) is 47.9. The topological polar surface area (TPSA) is 111 Å². The maximum absolute atomic E-state index is 14.5. The van der Waals surface area contributed by atoms with Gasteiger partial charge in [0.1, 0.15) is 11.6 Å². The number of amides is 1. The van der Waals surface area contributed by atoms with Gasteiger partial charge in [0.2, 0.25) is 0 Å². The van der Waals surface area contributed by atoms with Gasteiger partial charge in [0.25, 0.3) is 5.91 Å². The van der Waals surface area contributed by atoms with Gasteiger partial charge >= 0.3 is 18.1 Å². The number of ether oxygens (including phenoxy) is 2. The zero-order valence-electron chi connectivity index (χ0n) is 22.3. The highest BCUT2D eigenvalue weighted by Crippen LogP contribution is 2.37. The highest BCUT2D eigenvalue weighted by atomic mass is 35.5. The molecule has 2 atom stereocenters. The summed E-state index contributed by atoms with van der Waals surface area (Å²) in [5.74, 6) is -4.08. The van der Waals surface area contributed by atoms with Crippen LogP contribution in [0.2, 0.25) is 5.02 Å². The second-order valence-corrected chi connectivity index (χ2v) is 10.5. The van der Waals surface area contributed by atoms with Crippen LogP contribution in [0.3, 0.4) is 0 Å². The molecule has 3 heterocycles. The molecule has 1 aliphatic rings. The number of hydrogen-bond donors (Lipinski definition) is 1. The maximum atomic E-state index is 14.5. The second-order valence-electron chi connectivity index (χ2n) is 9.22. The Hall–Kier alpha value is -3.78. The summed E-state index contributed by atoms with van der Waals surface area (Å²) in [6.07, 6.45) is -3.39. The highest BCUT2D eigenvalue weighted by Gasteiger charge is 2.38. The van der Waals surface area contributed by atoms with Crippen LogP contribution in [0, 0.1) is 17.7 Å². The Bertz CT molecular complexity index is 1460. The lowest BCUT2D eigenvalue weighted by atomic mass is 9.89. The van der Waals surface area contributed by atoms with E-state index in [1.165, 1.54) is 17.6 Å². The Kier molecular flexibility index (Phi) is 9.67. The van der Waals surface area contributed by atoms with Crippen molar-refractivity contribution in [2.24, 2.45) is 11.8 Å². The van der Waals surface area contributed by atoms with Crippen molar-refractivity contribution in [2.75, 3.05) is 36.5 Å². The van der Waals surface area contributed by atoms with Crippen molar-refractivity contribution < 1.29 is 41.4 Å². The molecule has 42 heavy (non-hydrogen) atoms. The van der Waals surface area contributed by atoms with Gasteiger partial charge in [-0.05, 0) is 38.5 Å². The number of alkyl halides is 3.